The van der Waals surface area contributed by atoms with E-state index in [9.17, 15) is 14.4 Å². The van der Waals surface area contributed by atoms with E-state index in [1.807, 2.05) is 38.1 Å². The van der Waals surface area contributed by atoms with E-state index in [2.05, 4.69) is 20.6 Å². The molecule has 0 fully saturated rings. The third kappa shape index (κ3) is 5.49. The van der Waals surface area contributed by atoms with E-state index < -0.39 is 35.9 Å². The molecule has 3 rings (SSSR count). The van der Waals surface area contributed by atoms with E-state index in [1.165, 1.54) is 6.33 Å². The van der Waals surface area contributed by atoms with Gasteiger partial charge in [0.15, 0.2) is 0 Å². The Balaban J connectivity index is 1.68. The summed E-state index contributed by atoms with van der Waals surface area (Å²) in [6.45, 7) is 3.93. The summed E-state index contributed by atoms with van der Waals surface area (Å²) in [5.74, 6) is -1.69. The summed E-state index contributed by atoms with van der Waals surface area (Å²) in [7, 11) is 0. The van der Waals surface area contributed by atoms with Crippen LogP contribution < -0.4 is 22.1 Å². The Morgan fingerprint density at radius 1 is 1.23 bits per heavy atom. The van der Waals surface area contributed by atoms with Gasteiger partial charge in [0.25, 0.3) is 0 Å². The van der Waals surface area contributed by atoms with Crippen molar-refractivity contribution >= 4 is 17.7 Å². The second kappa shape index (κ2) is 9.74. The summed E-state index contributed by atoms with van der Waals surface area (Å²) in [5.41, 5.74) is 14.2. The number of fused-ring (bicyclic) bond motifs is 1. The van der Waals surface area contributed by atoms with Crippen LogP contribution in [0.3, 0.4) is 0 Å². The third-order valence-corrected chi connectivity index (χ3v) is 5.54. The molecule has 0 saturated carbocycles. The molecule has 0 radical (unpaired) electrons. The topological polar surface area (TPSA) is 156 Å². The van der Waals surface area contributed by atoms with Gasteiger partial charge in [-0.25, -0.2) is 4.98 Å². The quantitative estimate of drug-likeness (QED) is 0.385. The largest absolute Gasteiger partial charge is 0.369 e. The number of primary amides is 1. The fourth-order valence-electron chi connectivity index (χ4n) is 4.07. The molecule has 7 N–H and O–H groups in total. The van der Waals surface area contributed by atoms with Crippen LogP contribution >= 0.6 is 0 Å². The van der Waals surface area contributed by atoms with Crippen molar-refractivity contribution in [2.24, 2.45) is 17.4 Å². The lowest BCUT2D eigenvalue weighted by atomic mass is 9.96. The SMILES string of the molecule is CC(C)C[C@H](NC(=O)[C@@H](N)Cc1cnc[nH]1)C(=O)NC1Cc2ccccc2C1C(N)=O. The van der Waals surface area contributed by atoms with Gasteiger partial charge in [0, 0.05) is 24.4 Å². The average molecular weight is 427 g/mol. The maximum Gasteiger partial charge on any atom is 0.242 e. The van der Waals surface area contributed by atoms with E-state index in [4.69, 9.17) is 11.5 Å². The number of carbonyl (C=O) groups excluding carboxylic acids is 3. The van der Waals surface area contributed by atoms with Crippen molar-refractivity contribution in [2.45, 2.75) is 57.2 Å². The van der Waals surface area contributed by atoms with Crippen LogP contribution in [0, 0.1) is 5.92 Å². The molecule has 3 amide bonds. The number of benzene rings is 1. The highest BCUT2D eigenvalue weighted by molar-refractivity contribution is 5.91. The number of aromatic nitrogens is 2. The molecule has 1 aromatic heterocycles. The minimum Gasteiger partial charge on any atom is -0.369 e. The summed E-state index contributed by atoms with van der Waals surface area (Å²) in [6, 6.07) is 5.49. The number of rotatable bonds is 9. The van der Waals surface area contributed by atoms with E-state index >= 15 is 0 Å². The van der Waals surface area contributed by atoms with E-state index in [-0.39, 0.29) is 18.2 Å². The number of carbonyl (C=O) groups is 3. The summed E-state index contributed by atoms with van der Waals surface area (Å²) in [5, 5.41) is 5.71. The molecule has 2 unspecified atom stereocenters. The van der Waals surface area contributed by atoms with Crippen molar-refractivity contribution in [1.82, 2.24) is 20.6 Å². The molecular formula is C22H30N6O3. The van der Waals surface area contributed by atoms with Crippen LogP contribution in [0.1, 0.15) is 43.0 Å². The summed E-state index contributed by atoms with van der Waals surface area (Å²) < 4.78 is 0. The average Bonchev–Trinajstić information content (AvgIpc) is 3.33. The van der Waals surface area contributed by atoms with Gasteiger partial charge in [0.1, 0.15) is 6.04 Å². The zero-order valence-electron chi connectivity index (χ0n) is 17.8. The number of nitrogens with two attached hydrogens (primary N) is 2. The van der Waals surface area contributed by atoms with Crippen LogP contribution in [0.5, 0.6) is 0 Å². The Labute approximate surface area is 181 Å². The van der Waals surface area contributed by atoms with Gasteiger partial charge in [-0.1, -0.05) is 38.1 Å². The number of hydrogen-bond donors (Lipinski definition) is 5. The highest BCUT2D eigenvalue weighted by Gasteiger charge is 2.38. The van der Waals surface area contributed by atoms with Crippen molar-refractivity contribution in [3.8, 4) is 0 Å². The molecule has 9 heteroatoms. The number of nitrogens with one attached hydrogen (secondary N) is 3. The predicted octanol–water partition coefficient (Wildman–Crippen LogP) is 0.120. The molecule has 9 nitrogen and oxygen atoms in total. The minimum atomic E-state index is -0.822. The molecule has 1 aliphatic carbocycles. The predicted molar refractivity (Wildman–Crippen MR) is 116 cm³/mol. The van der Waals surface area contributed by atoms with Crippen LogP contribution in [0.4, 0.5) is 0 Å². The van der Waals surface area contributed by atoms with Gasteiger partial charge in [-0.2, -0.15) is 0 Å². The smallest absolute Gasteiger partial charge is 0.242 e. The maximum atomic E-state index is 13.1. The zero-order chi connectivity index (χ0) is 22.5. The van der Waals surface area contributed by atoms with Gasteiger partial charge in [-0.15, -0.1) is 0 Å². The minimum absolute atomic E-state index is 0.160. The van der Waals surface area contributed by atoms with Gasteiger partial charge in [0.05, 0.1) is 18.3 Å². The molecule has 1 aromatic carbocycles. The molecule has 0 bridgehead atoms. The molecule has 0 saturated heterocycles. The zero-order valence-corrected chi connectivity index (χ0v) is 17.8. The van der Waals surface area contributed by atoms with Gasteiger partial charge in [-0.05, 0) is 29.9 Å². The second-order valence-corrected chi connectivity index (χ2v) is 8.48. The third-order valence-electron chi connectivity index (χ3n) is 5.54. The lowest BCUT2D eigenvalue weighted by Crippen LogP contribution is -2.55. The van der Waals surface area contributed by atoms with Crippen molar-refractivity contribution in [3.05, 3.63) is 53.6 Å². The van der Waals surface area contributed by atoms with Crippen LogP contribution in [-0.2, 0) is 27.2 Å². The number of nitrogens with zero attached hydrogens (tertiary/aromatic N) is 1. The first kappa shape index (κ1) is 22.5. The van der Waals surface area contributed by atoms with E-state index in [0.717, 1.165) is 16.8 Å². The summed E-state index contributed by atoms with van der Waals surface area (Å²) in [6.07, 6.45) is 4.35. The first-order valence-electron chi connectivity index (χ1n) is 10.5. The van der Waals surface area contributed by atoms with Gasteiger partial charge in [-0.3, -0.25) is 14.4 Å². The molecular weight excluding hydrogens is 396 g/mol. The number of amides is 3. The van der Waals surface area contributed by atoms with Crippen LogP contribution in [0.15, 0.2) is 36.8 Å². The fraction of sp³-hybridized carbons (Fsp3) is 0.455. The molecule has 2 aromatic rings. The number of hydrogen-bond acceptors (Lipinski definition) is 5. The highest BCUT2D eigenvalue weighted by Crippen LogP contribution is 2.33. The Hall–Kier alpha value is -3.20. The Morgan fingerprint density at radius 3 is 2.61 bits per heavy atom. The molecule has 1 heterocycles. The molecule has 1 aliphatic rings. The van der Waals surface area contributed by atoms with Crippen molar-refractivity contribution < 1.29 is 14.4 Å². The van der Waals surface area contributed by atoms with Crippen molar-refractivity contribution in [3.63, 3.8) is 0 Å². The maximum absolute atomic E-state index is 13.1. The van der Waals surface area contributed by atoms with E-state index in [0.29, 0.717) is 12.8 Å². The van der Waals surface area contributed by atoms with Crippen molar-refractivity contribution in [1.29, 1.82) is 0 Å². The standard InChI is InChI=1S/C22H30N6O3/c1-12(2)7-18(28-21(30)16(23)9-14-10-25-11-26-14)22(31)27-17-8-13-5-3-4-6-15(13)19(17)20(24)29/h3-6,10-12,16-19H,7-9,23H2,1-2H3,(H2,24,29)(H,25,26)(H,27,31)(H,28,30)/t16-,17?,18-,19?/m0/s1. The highest BCUT2D eigenvalue weighted by atomic mass is 16.2. The fourth-order valence-corrected chi connectivity index (χ4v) is 4.07. The van der Waals surface area contributed by atoms with Crippen LogP contribution in [-0.4, -0.2) is 45.8 Å². The first-order valence-corrected chi connectivity index (χ1v) is 10.5. The van der Waals surface area contributed by atoms with E-state index in [1.54, 1.807) is 6.20 Å². The molecule has 0 aliphatic heterocycles. The van der Waals surface area contributed by atoms with Gasteiger partial charge in [0.2, 0.25) is 17.7 Å². The Kier molecular flexibility index (Phi) is 7.06. The van der Waals surface area contributed by atoms with Crippen LogP contribution in [0.25, 0.3) is 0 Å². The Bertz CT molecular complexity index is 927. The second-order valence-electron chi connectivity index (χ2n) is 8.48. The first-order chi connectivity index (χ1) is 14.8. The molecule has 4 atom stereocenters. The lowest BCUT2D eigenvalue weighted by Gasteiger charge is -2.25. The number of imidazole rings is 1. The Morgan fingerprint density at radius 2 is 1.97 bits per heavy atom. The monoisotopic (exact) mass is 426 g/mol. The normalized spacial score (nSPS) is 19.5. The molecule has 0 spiro atoms. The lowest BCUT2D eigenvalue weighted by molar-refractivity contribution is -0.130. The number of H-pyrrole nitrogens is 1. The van der Waals surface area contributed by atoms with Crippen molar-refractivity contribution in [2.75, 3.05) is 0 Å². The molecule has 31 heavy (non-hydrogen) atoms. The molecule has 166 valence electrons. The van der Waals surface area contributed by atoms with Gasteiger partial charge < -0.3 is 27.1 Å². The summed E-state index contributed by atoms with van der Waals surface area (Å²) >= 11 is 0. The summed E-state index contributed by atoms with van der Waals surface area (Å²) in [4.78, 5) is 44.6. The number of aromatic amines is 1. The van der Waals surface area contributed by atoms with Crippen LogP contribution in [0.2, 0.25) is 0 Å². The van der Waals surface area contributed by atoms with Gasteiger partial charge >= 0.3 is 0 Å².